The molecule has 10 heteroatoms. The first-order chi connectivity index (χ1) is 22.0. The molecule has 1 saturated carbocycles. The number of unbranched alkanes of at least 4 members (excludes halogenated alkanes) is 1. The smallest absolute Gasteiger partial charge is 0.411 e. The summed E-state index contributed by atoms with van der Waals surface area (Å²) in [5.74, 6) is 1.63. The molecule has 1 saturated heterocycles. The zero-order valence-electron chi connectivity index (χ0n) is 30.0. The number of aryl methyl sites for hydroxylation is 1. The number of benzene rings is 1. The maximum Gasteiger partial charge on any atom is 0.411 e. The topological polar surface area (TPSA) is 96.4 Å². The van der Waals surface area contributed by atoms with E-state index in [9.17, 15) is 9.59 Å². The summed E-state index contributed by atoms with van der Waals surface area (Å²) in [4.78, 5) is 32.7. The fraction of sp³-hybridized carbons (Fsp3) is 0.649. The van der Waals surface area contributed by atoms with Crippen molar-refractivity contribution in [3.63, 3.8) is 0 Å². The van der Waals surface area contributed by atoms with Crippen LogP contribution in [0.3, 0.4) is 0 Å². The van der Waals surface area contributed by atoms with Crippen LogP contribution in [0.1, 0.15) is 91.3 Å². The van der Waals surface area contributed by atoms with Gasteiger partial charge < -0.3 is 23.4 Å². The Morgan fingerprint density at radius 3 is 2.55 bits per heavy atom. The van der Waals surface area contributed by atoms with Gasteiger partial charge in [-0.1, -0.05) is 26.8 Å². The minimum Gasteiger partial charge on any atom is -0.497 e. The monoisotopic (exact) mass is 666 g/mol. The lowest BCUT2D eigenvalue weighted by Gasteiger charge is -2.36. The van der Waals surface area contributed by atoms with Gasteiger partial charge in [0.15, 0.2) is 8.32 Å². The largest absolute Gasteiger partial charge is 0.497 e. The van der Waals surface area contributed by atoms with Crippen molar-refractivity contribution in [1.29, 1.82) is 0 Å². The molecule has 1 aliphatic carbocycles. The number of fused-ring (bicyclic) bond motifs is 3. The van der Waals surface area contributed by atoms with E-state index < -0.39 is 37.6 Å². The van der Waals surface area contributed by atoms with Crippen LogP contribution in [0.5, 0.6) is 11.5 Å². The average molecular weight is 667 g/mol. The molecule has 0 unspecified atom stereocenters. The predicted octanol–water partition coefficient (Wildman–Crippen LogP) is 8.08. The highest BCUT2D eigenvalue weighted by Gasteiger charge is 2.54. The number of ether oxygens (including phenoxy) is 4. The Bertz CT molecular complexity index is 1530. The van der Waals surface area contributed by atoms with Gasteiger partial charge in [0.05, 0.1) is 26.3 Å². The normalized spacial score (nSPS) is 24.4. The molecule has 2 aliphatic heterocycles. The van der Waals surface area contributed by atoms with Crippen LogP contribution in [0.15, 0.2) is 24.3 Å². The van der Waals surface area contributed by atoms with Crippen LogP contribution in [0.2, 0.25) is 18.1 Å². The number of esters is 1. The van der Waals surface area contributed by atoms with Gasteiger partial charge in [0.25, 0.3) is 0 Å². The molecule has 2 fully saturated rings. The molecule has 9 nitrogen and oxygen atoms in total. The SMILES string of the molecule is COC(=O)[C@@H]1C[C@]2(CCc3c(c(/C=C/CCC[C@@H]4C[C@H]4O[Si](C)(C)C(C)(C)C)nc4ccc(OC)cc34)O2)CN1C(=O)OC(C)(C)C. The third-order valence-electron chi connectivity index (χ3n) is 10.3. The lowest BCUT2D eigenvalue weighted by Crippen LogP contribution is -2.46. The lowest BCUT2D eigenvalue weighted by atomic mass is 9.87. The molecule has 1 aromatic carbocycles. The van der Waals surface area contributed by atoms with E-state index in [0.29, 0.717) is 37.0 Å². The number of carbonyl (C=O) groups is 2. The number of allylic oxidation sites excluding steroid dienone is 1. The molecule has 0 bridgehead atoms. The fourth-order valence-corrected chi connectivity index (χ4v) is 7.91. The van der Waals surface area contributed by atoms with Crippen molar-refractivity contribution < 1.29 is 33.0 Å². The number of nitrogens with zero attached hydrogens (tertiary/aromatic N) is 2. The van der Waals surface area contributed by atoms with Crippen LogP contribution in [-0.2, 0) is 25.1 Å². The van der Waals surface area contributed by atoms with Crippen LogP contribution in [0, 0.1) is 5.92 Å². The number of aromatic nitrogens is 1. The van der Waals surface area contributed by atoms with Crippen molar-refractivity contribution in [3.05, 3.63) is 35.5 Å². The van der Waals surface area contributed by atoms with Gasteiger partial charge in [-0.2, -0.15) is 0 Å². The summed E-state index contributed by atoms with van der Waals surface area (Å²) in [5, 5.41) is 1.22. The first kappa shape index (κ1) is 35.2. The van der Waals surface area contributed by atoms with Gasteiger partial charge >= 0.3 is 12.1 Å². The summed E-state index contributed by atoms with van der Waals surface area (Å²) >= 11 is 0. The first-order valence-electron chi connectivity index (χ1n) is 17.1. The van der Waals surface area contributed by atoms with E-state index in [1.807, 2.05) is 39.0 Å². The van der Waals surface area contributed by atoms with Crippen LogP contribution < -0.4 is 9.47 Å². The van der Waals surface area contributed by atoms with Gasteiger partial charge in [0.2, 0.25) is 0 Å². The maximum absolute atomic E-state index is 13.3. The number of carbonyl (C=O) groups excluding carboxylic acids is 2. The highest BCUT2D eigenvalue weighted by molar-refractivity contribution is 6.74. The van der Waals surface area contributed by atoms with Crippen LogP contribution in [0.4, 0.5) is 4.79 Å². The zero-order chi connectivity index (χ0) is 34.4. The molecular weight excluding hydrogens is 613 g/mol. The number of likely N-dealkylation sites (tertiary alicyclic amines) is 1. The van der Waals surface area contributed by atoms with Gasteiger partial charge in [-0.25, -0.2) is 14.6 Å². The van der Waals surface area contributed by atoms with E-state index in [4.69, 9.17) is 28.4 Å². The number of methoxy groups -OCH3 is 2. The quantitative estimate of drug-likeness (QED) is 0.151. The average Bonchev–Trinajstić information content (AvgIpc) is 3.61. The fourth-order valence-electron chi connectivity index (χ4n) is 6.51. The van der Waals surface area contributed by atoms with Crippen LogP contribution in [0.25, 0.3) is 17.0 Å². The maximum atomic E-state index is 13.3. The van der Waals surface area contributed by atoms with Crippen LogP contribution in [-0.4, -0.2) is 74.4 Å². The molecule has 3 heterocycles. The predicted molar refractivity (Wildman–Crippen MR) is 186 cm³/mol. The molecule has 1 aromatic heterocycles. The van der Waals surface area contributed by atoms with E-state index in [0.717, 1.165) is 47.2 Å². The molecule has 0 radical (unpaired) electrons. The molecular formula is C37H54N2O7Si. The Hall–Kier alpha value is -3.11. The standard InChI is InChI=1S/C37H54N2O7Si/c1-35(2,3)45-34(41)39-23-37(22-30(39)33(40)43-8)19-18-26-27-21-25(42-7)16-17-28(27)38-29(32(26)44-37)15-13-11-12-14-24-20-31(24)46-47(9,10)36(4,5)6/h13,15-17,21,24,30-31H,11-12,14,18-20,22-23H2,1-10H3/b15-13+/t24-,30+,31-,37-/m1/s1. The van der Waals surface area contributed by atoms with Crippen molar-refractivity contribution in [2.45, 2.75) is 128 Å². The number of rotatable bonds is 9. The number of hydrogen-bond acceptors (Lipinski definition) is 8. The highest BCUT2D eigenvalue weighted by Crippen LogP contribution is 2.47. The van der Waals surface area contributed by atoms with E-state index in [1.165, 1.54) is 18.4 Å². The Morgan fingerprint density at radius 1 is 1.15 bits per heavy atom. The lowest BCUT2D eigenvalue weighted by molar-refractivity contribution is -0.145. The van der Waals surface area contributed by atoms with E-state index in [1.54, 1.807) is 7.11 Å². The van der Waals surface area contributed by atoms with E-state index in [2.05, 4.69) is 46.0 Å². The third-order valence-corrected chi connectivity index (χ3v) is 14.8. The summed E-state index contributed by atoms with van der Waals surface area (Å²) in [6.07, 6.45) is 10.1. The van der Waals surface area contributed by atoms with Crippen molar-refractivity contribution in [3.8, 4) is 11.5 Å². The van der Waals surface area contributed by atoms with Crippen molar-refractivity contribution in [2.75, 3.05) is 20.8 Å². The summed E-state index contributed by atoms with van der Waals surface area (Å²) in [5.41, 5.74) is 1.22. The molecule has 1 spiro atoms. The van der Waals surface area contributed by atoms with Gasteiger partial charge in [-0.05, 0) is 108 Å². The second-order valence-corrected chi connectivity index (χ2v) is 20.8. The molecule has 1 amide bonds. The zero-order valence-corrected chi connectivity index (χ0v) is 31.0. The van der Waals surface area contributed by atoms with E-state index >= 15 is 0 Å². The van der Waals surface area contributed by atoms with Gasteiger partial charge in [-0.15, -0.1) is 0 Å². The van der Waals surface area contributed by atoms with Crippen molar-refractivity contribution in [2.24, 2.45) is 5.92 Å². The van der Waals surface area contributed by atoms with E-state index in [-0.39, 0.29) is 11.6 Å². The Labute approximate surface area is 281 Å². The molecule has 2 aromatic rings. The number of amides is 1. The number of hydrogen-bond donors (Lipinski definition) is 0. The van der Waals surface area contributed by atoms with Crippen molar-refractivity contribution in [1.82, 2.24) is 9.88 Å². The second kappa shape index (κ2) is 13.1. The molecule has 47 heavy (non-hydrogen) atoms. The minimum absolute atomic E-state index is 0.222. The summed E-state index contributed by atoms with van der Waals surface area (Å²) in [6.45, 7) is 17.2. The Kier molecular flexibility index (Phi) is 9.79. The molecule has 5 rings (SSSR count). The first-order valence-corrected chi connectivity index (χ1v) is 20.0. The molecule has 0 N–H and O–H groups in total. The Morgan fingerprint density at radius 2 is 1.89 bits per heavy atom. The molecule has 3 aliphatic rings. The van der Waals surface area contributed by atoms with Gasteiger partial charge in [0.1, 0.15) is 34.4 Å². The summed E-state index contributed by atoms with van der Waals surface area (Å²) in [7, 11) is 1.26. The number of pyridine rings is 1. The van der Waals surface area contributed by atoms with Crippen LogP contribution >= 0.6 is 0 Å². The summed E-state index contributed by atoms with van der Waals surface area (Å²) < 4.78 is 29.8. The van der Waals surface area contributed by atoms with Gasteiger partial charge in [-0.3, -0.25) is 4.90 Å². The molecule has 4 atom stereocenters. The highest BCUT2D eigenvalue weighted by atomic mass is 28.4. The minimum atomic E-state index is -1.74. The molecule has 258 valence electrons. The summed E-state index contributed by atoms with van der Waals surface area (Å²) in [6, 6.07) is 5.12. The van der Waals surface area contributed by atoms with Gasteiger partial charge in [0, 0.05) is 23.5 Å². The van der Waals surface area contributed by atoms with Crippen molar-refractivity contribution >= 4 is 37.4 Å². The Balaban J connectivity index is 1.35. The third kappa shape index (κ3) is 7.80. The second-order valence-electron chi connectivity index (χ2n) is 16.1.